The van der Waals surface area contributed by atoms with Crippen molar-refractivity contribution in [1.29, 1.82) is 0 Å². The van der Waals surface area contributed by atoms with E-state index in [0.29, 0.717) is 25.1 Å². The summed E-state index contributed by atoms with van der Waals surface area (Å²) in [4.78, 5) is 12.7. The zero-order valence-corrected chi connectivity index (χ0v) is 22.9. The Labute approximate surface area is 233 Å². The summed E-state index contributed by atoms with van der Waals surface area (Å²) in [5, 5.41) is 13.3. The van der Waals surface area contributed by atoms with Crippen LogP contribution in [0.2, 0.25) is 0 Å². The summed E-state index contributed by atoms with van der Waals surface area (Å²) in [6, 6.07) is 17.3. The molecule has 0 aliphatic carbocycles. The highest BCUT2D eigenvalue weighted by Crippen LogP contribution is 2.37. The zero-order valence-electron chi connectivity index (χ0n) is 22.9. The lowest BCUT2D eigenvalue weighted by molar-refractivity contribution is 0.0939. The first kappa shape index (κ1) is 24.9. The molecule has 40 heavy (non-hydrogen) atoms. The summed E-state index contributed by atoms with van der Waals surface area (Å²) in [5.74, 6) is 2.39. The molecule has 0 bridgehead atoms. The van der Waals surface area contributed by atoms with Crippen molar-refractivity contribution < 1.29 is 9.26 Å². The van der Waals surface area contributed by atoms with E-state index in [0.717, 1.165) is 77.3 Å². The number of benzene rings is 2. The number of rotatable bonds is 5. The lowest BCUT2D eigenvalue weighted by Crippen LogP contribution is -2.40. The van der Waals surface area contributed by atoms with Crippen LogP contribution >= 0.6 is 0 Å². The fourth-order valence-electron chi connectivity index (χ4n) is 6.04. The van der Waals surface area contributed by atoms with Gasteiger partial charge >= 0.3 is 0 Å². The molecule has 2 fully saturated rings. The van der Waals surface area contributed by atoms with Crippen LogP contribution in [-0.4, -0.2) is 57.8 Å². The van der Waals surface area contributed by atoms with Gasteiger partial charge in [0, 0.05) is 23.7 Å². The van der Waals surface area contributed by atoms with Gasteiger partial charge in [0.15, 0.2) is 5.82 Å². The van der Waals surface area contributed by atoms with Crippen LogP contribution in [0.1, 0.15) is 41.9 Å². The first-order chi connectivity index (χ1) is 19.7. The molecule has 2 aliphatic rings. The molecule has 1 N–H and O–H groups in total. The third kappa shape index (κ3) is 4.55. The van der Waals surface area contributed by atoms with Crippen molar-refractivity contribution in [3.05, 3.63) is 77.9 Å². The summed E-state index contributed by atoms with van der Waals surface area (Å²) in [7, 11) is 0. The normalized spacial score (nSPS) is 18.4. The van der Waals surface area contributed by atoms with Crippen molar-refractivity contribution >= 4 is 16.7 Å². The number of aryl methyl sites for hydroxylation is 2. The Morgan fingerprint density at radius 2 is 1.82 bits per heavy atom. The lowest BCUT2D eigenvalue weighted by atomic mass is 10.0. The summed E-state index contributed by atoms with van der Waals surface area (Å²) in [5.41, 5.74) is 5.96. The van der Waals surface area contributed by atoms with E-state index in [1.54, 1.807) is 0 Å². The molecule has 0 saturated carbocycles. The largest absolute Gasteiger partial charge is 0.377 e. The summed E-state index contributed by atoms with van der Waals surface area (Å²) in [6.07, 6.45) is 6.15. The van der Waals surface area contributed by atoms with E-state index in [-0.39, 0.29) is 6.04 Å². The summed E-state index contributed by atoms with van der Waals surface area (Å²) < 4.78 is 13.6. The molecule has 0 unspecified atom stereocenters. The fraction of sp³-hybridized carbons (Fsp3) is 0.355. The van der Waals surface area contributed by atoms with E-state index in [9.17, 15) is 0 Å². The zero-order chi connectivity index (χ0) is 27.1. The minimum atomic E-state index is 0.0427. The summed E-state index contributed by atoms with van der Waals surface area (Å²) in [6.45, 7) is 7.93. The van der Waals surface area contributed by atoms with Gasteiger partial charge in [-0.3, -0.25) is 4.68 Å². The second-order valence-electron chi connectivity index (χ2n) is 10.7. The van der Waals surface area contributed by atoms with Crippen LogP contribution < -0.4 is 10.2 Å². The van der Waals surface area contributed by atoms with Gasteiger partial charge in [-0.1, -0.05) is 41.6 Å². The third-order valence-electron chi connectivity index (χ3n) is 8.13. The van der Waals surface area contributed by atoms with Crippen molar-refractivity contribution in [1.82, 2.24) is 30.2 Å². The Morgan fingerprint density at radius 1 is 0.975 bits per heavy atom. The number of piperidine rings is 1. The number of fused-ring (bicyclic) bond motifs is 1. The summed E-state index contributed by atoms with van der Waals surface area (Å²) >= 11 is 0. The van der Waals surface area contributed by atoms with Crippen molar-refractivity contribution in [2.45, 2.75) is 38.8 Å². The number of nitrogens with zero attached hydrogens (tertiary/aromatic N) is 6. The number of anilines is 1. The topological polar surface area (TPSA) is 94.1 Å². The highest BCUT2D eigenvalue weighted by Gasteiger charge is 2.29. The van der Waals surface area contributed by atoms with Gasteiger partial charge in [-0.15, -0.1) is 0 Å². The standard InChI is InChI=1S/C31H33N7O2/c1-20-29(21(2)40-36-20)23-8-9-27-26(16-23)31(37-14-15-39-19-28(37)22-6-4-3-5-7-22)35-30(34-27)24-17-33-38(18-24)25-10-12-32-13-11-25/h3-9,16-18,25,28,32H,10-15,19H2,1-2H3/t28-/m1/s1. The average Bonchev–Trinajstić information content (AvgIpc) is 3.64. The molecule has 5 aromatic rings. The van der Waals surface area contributed by atoms with E-state index in [1.165, 1.54) is 5.56 Å². The van der Waals surface area contributed by atoms with Crippen LogP contribution in [0.3, 0.4) is 0 Å². The number of nitrogens with one attached hydrogen (secondary N) is 1. The first-order valence-corrected chi connectivity index (χ1v) is 14.1. The van der Waals surface area contributed by atoms with Crippen LogP contribution in [0.4, 0.5) is 5.82 Å². The molecule has 7 rings (SSSR count). The molecule has 204 valence electrons. The van der Waals surface area contributed by atoms with Gasteiger partial charge in [0.1, 0.15) is 11.6 Å². The minimum Gasteiger partial charge on any atom is -0.377 e. The Bertz CT molecular complexity index is 1620. The number of hydrogen-bond acceptors (Lipinski definition) is 8. The van der Waals surface area contributed by atoms with Gasteiger partial charge in [-0.05, 0) is 63.0 Å². The van der Waals surface area contributed by atoms with Crippen molar-refractivity contribution in [3.8, 4) is 22.5 Å². The van der Waals surface area contributed by atoms with Crippen LogP contribution in [0.5, 0.6) is 0 Å². The van der Waals surface area contributed by atoms with Crippen molar-refractivity contribution in [2.75, 3.05) is 37.7 Å². The quantitative estimate of drug-likeness (QED) is 0.325. The molecule has 0 amide bonds. The Balaban J connectivity index is 1.38. The molecule has 0 spiro atoms. The molecular formula is C31H33N7O2. The molecule has 2 aliphatic heterocycles. The first-order valence-electron chi connectivity index (χ1n) is 14.1. The molecule has 5 heterocycles. The minimum absolute atomic E-state index is 0.0427. The van der Waals surface area contributed by atoms with Gasteiger partial charge < -0.3 is 19.5 Å². The van der Waals surface area contributed by atoms with Crippen molar-refractivity contribution in [3.63, 3.8) is 0 Å². The molecule has 2 aromatic carbocycles. The molecule has 9 nitrogen and oxygen atoms in total. The maximum atomic E-state index is 5.98. The maximum Gasteiger partial charge on any atom is 0.165 e. The molecule has 0 radical (unpaired) electrons. The van der Waals surface area contributed by atoms with Gasteiger partial charge in [-0.25, -0.2) is 9.97 Å². The molecule has 3 aromatic heterocycles. The molecular weight excluding hydrogens is 502 g/mol. The van der Waals surface area contributed by atoms with E-state index in [2.05, 4.69) is 68.7 Å². The van der Waals surface area contributed by atoms with Crippen LogP contribution in [0, 0.1) is 13.8 Å². The number of aromatic nitrogens is 5. The van der Waals surface area contributed by atoms with E-state index in [1.807, 2.05) is 26.1 Å². The Kier molecular flexibility index (Phi) is 6.53. The van der Waals surface area contributed by atoms with E-state index < -0.39 is 0 Å². The van der Waals surface area contributed by atoms with Crippen LogP contribution in [0.15, 0.2) is 65.4 Å². The lowest BCUT2D eigenvalue weighted by Gasteiger charge is -2.37. The number of ether oxygens (including phenoxy) is 1. The van der Waals surface area contributed by atoms with Crippen molar-refractivity contribution in [2.24, 2.45) is 0 Å². The Hall–Kier alpha value is -4.08. The monoisotopic (exact) mass is 535 g/mol. The SMILES string of the molecule is Cc1noc(C)c1-c1ccc2nc(-c3cnn(C4CCNCC4)c3)nc(N3CCOC[C@@H]3c3ccccc3)c2c1. The van der Waals surface area contributed by atoms with Gasteiger partial charge in [0.2, 0.25) is 0 Å². The van der Waals surface area contributed by atoms with Crippen LogP contribution in [-0.2, 0) is 4.74 Å². The fourth-order valence-corrected chi connectivity index (χ4v) is 6.04. The van der Waals surface area contributed by atoms with Gasteiger partial charge in [0.25, 0.3) is 0 Å². The smallest absolute Gasteiger partial charge is 0.165 e. The maximum absolute atomic E-state index is 5.98. The predicted octanol–water partition coefficient (Wildman–Crippen LogP) is 5.27. The molecule has 9 heteroatoms. The highest BCUT2D eigenvalue weighted by atomic mass is 16.5. The molecule has 1 atom stereocenters. The van der Waals surface area contributed by atoms with Gasteiger partial charge in [0.05, 0.1) is 48.3 Å². The third-order valence-corrected chi connectivity index (χ3v) is 8.13. The van der Waals surface area contributed by atoms with Gasteiger partial charge in [-0.2, -0.15) is 5.10 Å². The second-order valence-corrected chi connectivity index (χ2v) is 10.7. The van der Waals surface area contributed by atoms with E-state index in [4.69, 9.17) is 24.3 Å². The predicted molar refractivity (Wildman–Crippen MR) is 154 cm³/mol. The second kappa shape index (κ2) is 10.5. The average molecular weight is 536 g/mol. The Morgan fingerprint density at radius 3 is 2.62 bits per heavy atom. The number of morpholine rings is 1. The van der Waals surface area contributed by atoms with Crippen LogP contribution in [0.25, 0.3) is 33.4 Å². The molecule has 2 saturated heterocycles. The highest BCUT2D eigenvalue weighted by molar-refractivity contribution is 5.95. The van der Waals surface area contributed by atoms with E-state index >= 15 is 0 Å². The number of hydrogen-bond donors (Lipinski definition) is 1.